The molecule has 1 aromatic rings. The highest BCUT2D eigenvalue weighted by Crippen LogP contribution is 2.18. The van der Waals surface area contributed by atoms with Gasteiger partial charge in [0, 0.05) is 5.92 Å². The molecule has 1 aromatic carbocycles. The largest absolute Gasteiger partial charge is 0.481 e. The Kier molecular flexibility index (Phi) is 3.59. The SMILES string of the molecule is NC[C@H](CC(=O)O)c1ccc(F)cc1. The predicted molar refractivity (Wildman–Crippen MR) is 50.4 cm³/mol. The van der Waals surface area contributed by atoms with E-state index in [1.54, 1.807) is 12.1 Å². The van der Waals surface area contributed by atoms with Gasteiger partial charge in [0.15, 0.2) is 0 Å². The number of benzene rings is 1. The van der Waals surface area contributed by atoms with Crippen LogP contribution in [0, 0.1) is 5.82 Å². The highest BCUT2D eigenvalue weighted by molar-refractivity contribution is 5.68. The average molecular weight is 197 g/mol. The van der Waals surface area contributed by atoms with E-state index in [1.165, 1.54) is 12.1 Å². The first-order valence-electron chi connectivity index (χ1n) is 4.31. The van der Waals surface area contributed by atoms with E-state index in [0.717, 1.165) is 5.56 Å². The molecule has 0 radical (unpaired) electrons. The van der Waals surface area contributed by atoms with Crippen LogP contribution >= 0.6 is 0 Å². The van der Waals surface area contributed by atoms with Gasteiger partial charge < -0.3 is 10.8 Å². The summed E-state index contributed by atoms with van der Waals surface area (Å²) in [5.74, 6) is -1.47. The molecular weight excluding hydrogens is 185 g/mol. The van der Waals surface area contributed by atoms with Crippen molar-refractivity contribution in [2.24, 2.45) is 5.73 Å². The summed E-state index contributed by atoms with van der Waals surface area (Å²) in [6.07, 6.45) is -0.0257. The van der Waals surface area contributed by atoms with Crippen LogP contribution < -0.4 is 5.73 Å². The summed E-state index contributed by atoms with van der Waals surface area (Å²) in [7, 11) is 0. The first-order valence-corrected chi connectivity index (χ1v) is 4.31. The molecule has 14 heavy (non-hydrogen) atoms. The van der Waals surface area contributed by atoms with Crippen molar-refractivity contribution in [3.8, 4) is 0 Å². The molecule has 0 saturated carbocycles. The second kappa shape index (κ2) is 4.72. The van der Waals surface area contributed by atoms with Crippen LogP contribution in [0.4, 0.5) is 4.39 Å². The van der Waals surface area contributed by atoms with Crippen molar-refractivity contribution in [3.05, 3.63) is 35.6 Å². The summed E-state index contributed by atoms with van der Waals surface area (Å²) >= 11 is 0. The Hall–Kier alpha value is -1.42. The van der Waals surface area contributed by atoms with Crippen molar-refractivity contribution >= 4 is 5.97 Å². The van der Waals surface area contributed by atoms with E-state index in [4.69, 9.17) is 10.8 Å². The Morgan fingerprint density at radius 2 is 2.00 bits per heavy atom. The lowest BCUT2D eigenvalue weighted by Crippen LogP contribution is -2.16. The van der Waals surface area contributed by atoms with E-state index in [1.807, 2.05) is 0 Å². The molecule has 0 aliphatic carbocycles. The summed E-state index contributed by atoms with van der Waals surface area (Å²) in [4.78, 5) is 10.5. The van der Waals surface area contributed by atoms with Crippen molar-refractivity contribution in [2.75, 3.05) is 6.54 Å². The maximum absolute atomic E-state index is 12.6. The lowest BCUT2D eigenvalue weighted by atomic mass is 9.96. The number of nitrogens with two attached hydrogens (primary N) is 1. The highest BCUT2D eigenvalue weighted by atomic mass is 19.1. The molecular formula is C10H12FNO2. The van der Waals surface area contributed by atoms with E-state index < -0.39 is 5.97 Å². The lowest BCUT2D eigenvalue weighted by molar-refractivity contribution is -0.137. The first kappa shape index (κ1) is 10.7. The van der Waals surface area contributed by atoms with Gasteiger partial charge >= 0.3 is 5.97 Å². The third-order valence-electron chi connectivity index (χ3n) is 2.05. The minimum absolute atomic E-state index is 0.0257. The van der Waals surface area contributed by atoms with Gasteiger partial charge in [-0.05, 0) is 24.2 Å². The quantitative estimate of drug-likeness (QED) is 0.765. The van der Waals surface area contributed by atoms with Crippen LogP contribution in [0.1, 0.15) is 17.9 Å². The normalized spacial score (nSPS) is 12.4. The second-order valence-corrected chi connectivity index (χ2v) is 3.08. The molecule has 3 N–H and O–H groups in total. The van der Waals surface area contributed by atoms with Crippen LogP contribution in [0.3, 0.4) is 0 Å². The number of halogens is 1. The fraction of sp³-hybridized carbons (Fsp3) is 0.300. The molecule has 76 valence electrons. The van der Waals surface area contributed by atoms with Gasteiger partial charge in [-0.2, -0.15) is 0 Å². The van der Waals surface area contributed by atoms with Crippen LogP contribution in [-0.4, -0.2) is 17.6 Å². The van der Waals surface area contributed by atoms with E-state index in [-0.39, 0.29) is 24.7 Å². The van der Waals surface area contributed by atoms with Crippen molar-refractivity contribution in [2.45, 2.75) is 12.3 Å². The number of carboxylic acids is 1. The molecule has 0 amide bonds. The number of hydrogen-bond donors (Lipinski definition) is 2. The fourth-order valence-electron chi connectivity index (χ4n) is 1.28. The predicted octanol–water partition coefficient (Wildman–Crippen LogP) is 1.34. The summed E-state index contributed by atoms with van der Waals surface area (Å²) < 4.78 is 12.6. The van der Waals surface area contributed by atoms with Crippen LogP contribution in [0.25, 0.3) is 0 Å². The summed E-state index contributed by atoms with van der Waals surface area (Å²) in [5.41, 5.74) is 6.19. The van der Waals surface area contributed by atoms with Crippen LogP contribution in [0.2, 0.25) is 0 Å². The molecule has 0 fully saturated rings. The molecule has 0 heterocycles. The lowest BCUT2D eigenvalue weighted by Gasteiger charge is -2.12. The van der Waals surface area contributed by atoms with Crippen molar-refractivity contribution < 1.29 is 14.3 Å². The Morgan fingerprint density at radius 3 is 2.43 bits per heavy atom. The molecule has 0 spiro atoms. The molecule has 1 atom stereocenters. The average Bonchev–Trinajstić information content (AvgIpc) is 2.15. The first-order chi connectivity index (χ1) is 6.63. The zero-order valence-electron chi connectivity index (χ0n) is 7.61. The zero-order valence-corrected chi connectivity index (χ0v) is 7.61. The molecule has 4 heteroatoms. The maximum atomic E-state index is 12.6. The Labute approximate surface area is 81.4 Å². The van der Waals surface area contributed by atoms with Gasteiger partial charge in [0.2, 0.25) is 0 Å². The van der Waals surface area contributed by atoms with Gasteiger partial charge in [-0.15, -0.1) is 0 Å². The van der Waals surface area contributed by atoms with Gasteiger partial charge in [0.25, 0.3) is 0 Å². The Morgan fingerprint density at radius 1 is 1.43 bits per heavy atom. The van der Waals surface area contributed by atoms with Crippen molar-refractivity contribution in [1.29, 1.82) is 0 Å². The Balaban J connectivity index is 2.78. The molecule has 0 bridgehead atoms. The van der Waals surface area contributed by atoms with Crippen molar-refractivity contribution in [3.63, 3.8) is 0 Å². The molecule has 0 aromatic heterocycles. The molecule has 0 aliphatic rings. The van der Waals surface area contributed by atoms with Gasteiger partial charge in [-0.3, -0.25) is 4.79 Å². The number of carboxylic acid groups (broad SMARTS) is 1. The minimum atomic E-state index is -0.898. The Bertz CT molecular complexity index is 310. The van der Waals surface area contributed by atoms with Crippen molar-refractivity contribution in [1.82, 2.24) is 0 Å². The molecule has 0 unspecified atom stereocenters. The molecule has 0 aliphatic heterocycles. The monoisotopic (exact) mass is 197 g/mol. The summed E-state index contributed by atoms with van der Waals surface area (Å²) in [5, 5.41) is 8.60. The standard InChI is InChI=1S/C10H12FNO2/c11-9-3-1-7(2-4-9)8(6-12)5-10(13)14/h1-4,8H,5-6,12H2,(H,13,14)/t8-/m0/s1. The molecule has 3 nitrogen and oxygen atoms in total. The van der Waals surface area contributed by atoms with Crippen LogP contribution in [0.15, 0.2) is 24.3 Å². The highest BCUT2D eigenvalue weighted by Gasteiger charge is 2.13. The van der Waals surface area contributed by atoms with E-state index in [0.29, 0.717) is 0 Å². The van der Waals surface area contributed by atoms with Crippen LogP contribution in [0.5, 0.6) is 0 Å². The summed E-state index contributed by atoms with van der Waals surface area (Å²) in [6, 6.07) is 5.74. The fourth-order valence-corrected chi connectivity index (χ4v) is 1.28. The van der Waals surface area contributed by atoms with Crippen LogP contribution in [-0.2, 0) is 4.79 Å². The second-order valence-electron chi connectivity index (χ2n) is 3.08. The summed E-state index contributed by atoms with van der Waals surface area (Å²) in [6.45, 7) is 0.248. The number of hydrogen-bond acceptors (Lipinski definition) is 2. The molecule has 0 saturated heterocycles. The minimum Gasteiger partial charge on any atom is -0.481 e. The smallest absolute Gasteiger partial charge is 0.304 e. The molecule has 1 rings (SSSR count). The third-order valence-corrected chi connectivity index (χ3v) is 2.05. The number of aliphatic carboxylic acids is 1. The zero-order chi connectivity index (χ0) is 10.6. The van der Waals surface area contributed by atoms with Gasteiger partial charge in [0.05, 0.1) is 6.42 Å². The maximum Gasteiger partial charge on any atom is 0.304 e. The van der Waals surface area contributed by atoms with E-state index >= 15 is 0 Å². The third kappa shape index (κ3) is 2.81. The van der Waals surface area contributed by atoms with Gasteiger partial charge in [0.1, 0.15) is 5.82 Å². The topological polar surface area (TPSA) is 63.3 Å². The van der Waals surface area contributed by atoms with E-state index in [2.05, 4.69) is 0 Å². The van der Waals surface area contributed by atoms with Gasteiger partial charge in [-0.1, -0.05) is 12.1 Å². The van der Waals surface area contributed by atoms with Gasteiger partial charge in [-0.25, -0.2) is 4.39 Å². The number of rotatable bonds is 4. The number of carbonyl (C=O) groups is 1. The van der Waals surface area contributed by atoms with E-state index in [9.17, 15) is 9.18 Å².